The topological polar surface area (TPSA) is 87.8 Å². The first-order valence-corrected chi connectivity index (χ1v) is 10.5. The van der Waals surface area contributed by atoms with E-state index >= 15 is 0 Å². The molecule has 0 radical (unpaired) electrons. The van der Waals surface area contributed by atoms with E-state index in [4.69, 9.17) is 5.26 Å². The van der Waals surface area contributed by atoms with E-state index in [-0.39, 0.29) is 17.2 Å². The molecule has 0 saturated heterocycles. The second kappa shape index (κ2) is 7.61. The lowest BCUT2D eigenvalue weighted by atomic mass is 10.2. The zero-order chi connectivity index (χ0) is 18.8. The van der Waals surface area contributed by atoms with Gasteiger partial charge in [0.05, 0.1) is 16.7 Å². The second-order valence-corrected chi connectivity index (χ2v) is 8.58. The number of nitrogens with one attached hydrogen (secondary N) is 1. The number of amides is 1. The summed E-state index contributed by atoms with van der Waals surface area (Å²) in [6.07, 6.45) is 0. The van der Waals surface area contributed by atoms with Gasteiger partial charge >= 0.3 is 0 Å². The normalized spacial score (nSPS) is 10.8. The van der Waals surface area contributed by atoms with E-state index < -0.39 is 0 Å². The number of nitriles is 1. The molecule has 1 N–H and O–H groups in total. The molecule has 1 amide bonds. The van der Waals surface area contributed by atoms with Crippen LogP contribution < -0.4 is 10.9 Å². The van der Waals surface area contributed by atoms with Crippen LogP contribution in [0.4, 0.5) is 5.00 Å². The van der Waals surface area contributed by atoms with Gasteiger partial charge in [-0.25, -0.2) is 4.98 Å². The van der Waals surface area contributed by atoms with Crippen molar-refractivity contribution < 1.29 is 4.79 Å². The summed E-state index contributed by atoms with van der Waals surface area (Å²) in [6, 6.07) is 3.71. The third kappa shape index (κ3) is 3.40. The van der Waals surface area contributed by atoms with Crippen LogP contribution in [0.1, 0.15) is 22.9 Å². The number of thioether (sulfide) groups is 1. The molecule has 0 fully saturated rings. The van der Waals surface area contributed by atoms with E-state index in [0.29, 0.717) is 32.5 Å². The number of thiophene rings is 2. The number of nitrogens with zero attached hydrogens (tertiary/aromatic N) is 3. The quantitative estimate of drug-likeness (QED) is 0.517. The summed E-state index contributed by atoms with van der Waals surface area (Å²) < 4.78 is 1.60. The predicted molar refractivity (Wildman–Crippen MR) is 107 cm³/mol. The largest absolute Gasteiger partial charge is 0.316 e. The highest BCUT2D eigenvalue weighted by molar-refractivity contribution is 7.99. The van der Waals surface area contributed by atoms with E-state index in [1.807, 2.05) is 26.8 Å². The van der Waals surface area contributed by atoms with Crippen molar-refractivity contribution in [3.8, 4) is 6.07 Å². The summed E-state index contributed by atoms with van der Waals surface area (Å²) in [7, 11) is 0. The fraction of sp³-hybridized carbons (Fsp3) is 0.294. The maximum atomic E-state index is 12.8. The van der Waals surface area contributed by atoms with Gasteiger partial charge in [0, 0.05) is 11.4 Å². The van der Waals surface area contributed by atoms with Crippen LogP contribution in [0.3, 0.4) is 0 Å². The molecular formula is C17H16N4O2S3. The SMILES string of the molecule is CCn1c(SCC(=O)Nc2sccc2C#N)nc2sc(C)c(C)c2c1=O. The molecule has 6 nitrogen and oxygen atoms in total. The summed E-state index contributed by atoms with van der Waals surface area (Å²) in [4.78, 5) is 31.4. The van der Waals surface area contributed by atoms with E-state index in [9.17, 15) is 9.59 Å². The van der Waals surface area contributed by atoms with Crippen molar-refractivity contribution in [2.45, 2.75) is 32.5 Å². The van der Waals surface area contributed by atoms with Crippen molar-refractivity contribution in [1.29, 1.82) is 5.26 Å². The third-order valence-electron chi connectivity index (χ3n) is 3.94. The van der Waals surface area contributed by atoms with E-state index in [0.717, 1.165) is 10.4 Å². The maximum absolute atomic E-state index is 12.8. The second-order valence-electron chi connectivity index (χ2n) is 5.52. The minimum atomic E-state index is -0.232. The summed E-state index contributed by atoms with van der Waals surface area (Å²) >= 11 is 4.03. The highest BCUT2D eigenvalue weighted by atomic mass is 32.2. The zero-order valence-electron chi connectivity index (χ0n) is 14.5. The molecule has 0 aliphatic heterocycles. The van der Waals surface area contributed by atoms with Crippen LogP contribution in [0.2, 0.25) is 0 Å². The molecule has 3 heterocycles. The van der Waals surface area contributed by atoms with Crippen molar-refractivity contribution in [2.75, 3.05) is 11.1 Å². The van der Waals surface area contributed by atoms with Gasteiger partial charge in [0.25, 0.3) is 5.56 Å². The van der Waals surface area contributed by atoms with Crippen molar-refractivity contribution in [3.05, 3.63) is 37.8 Å². The summed E-state index contributed by atoms with van der Waals surface area (Å²) in [5.41, 5.74) is 1.36. The third-order valence-corrected chi connectivity index (χ3v) is 6.85. The van der Waals surface area contributed by atoms with E-state index in [2.05, 4.69) is 10.3 Å². The lowest BCUT2D eigenvalue weighted by molar-refractivity contribution is -0.113. The van der Waals surface area contributed by atoms with Crippen LogP contribution in [0.15, 0.2) is 21.4 Å². The van der Waals surface area contributed by atoms with Crippen molar-refractivity contribution >= 4 is 55.6 Å². The fourth-order valence-corrected chi connectivity index (χ4v) is 5.17. The first-order chi connectivity index (χ1) is 12.5. The van der Waals surface area contributed by atoms with Crippen LogP contribution in [-0.2, 0) is 11.3 Å². The number of rotatable bonds is 5. The summed E-state index contributed by atoms with van der Waals surface area (Å²) in [5, 5.41) is 15.2. The Labute approximate surface area is 162 Å². The van der Waals surface area contributed by atoms with E-state index in [1.54, 1.807) is 16.0 Å². The Kier molecular flexibility index (Phi) is 5.46. The van der Waals surface area contributed by atoms with Gasteiger partial charge in [0.2, 0.25) is 5.91 Å². The molecule has 0 aliphatic carbocycles. The number of aromatic nitrogens is 2. The summed E-state index contributed by atoms with van der Waals surface area (Å²) in [6.45, 7) is 6.29. The molecule has 134 valence electrons. The Morgan fingerprint density at radius 2 is 2.23 bits per heavy atom. The van der Waals surface area contributed by atoms with Gasteiger partial charge < -0.3 is 5.32 Å². The molecule has 3 aromatic heterocycles. The first kappa shape index (κ1) is 18.6. The highest BCUT2D eigenvalue weighted by Gasteiger charge is 2.17. The molecule has 0 spiro atoms. The van der Waals surface area contributed by atoms with Crippen LogP contribution in [-0.4, -0.2) is 21.2 Å². The molecule has 3 aromatic rings. The van der Waals surface area contributed by atoms with Crippen molar-refractivity contribution in [1.82, 2.24) is 9.55 Å². The number of anilines is 1. The highest BCUT2D eigenvalue weighted by Crippen LogP contribution is 2.28. The molecule has 0 unspecified atom stereocenters. The van der Waals surface area contributed by atoms with Gasteiger partial charge in [-0.3, -0.25) is 14.2 Å². The molecule has 0 saturated carbocycles. The smallest absolute Gasteiger partial charge is 0.263 e. The number of hydrogen-bond acceptors (Lipinski definition) is 7. The van der Waals surface area contributed by atoms with Crippen LogP contribution in [0, 0.1) is 25.2 Å². The number of carbonyl (C=O) groups excluding carboxylic acids is 1. The lowest BCUT2D eigenvalue weighted by Gasteiger charge is -2.10. The van der Waals surface area contributed by atoms with Crippen molar-refractivity contribution in [3.63, 3.8) is 0 Å². The fourth-order valence-electron chi connectivity index (χ4n) is 2.48. The molecule has 0 aromatic carbocycles. The number of hydrogen-bond donors (Lipinski definition) is 1. The first-order valence-electron chi connectivity index (χ1n) is 7.87. The minimum absolute atomic E-state index is 0.0627. The van der Waals surface area contributed by atoms with Crippen molar-refractivity contribution in [2.24, 2.45) is 0 Å². The van der Waals surface area contributed by atoms with Crippen LogP contribution in [0.5, 0.6) is 0 Å². The van der Waals surface area contributed by atoms with Crippen LogP contribution in [0.25, 0.3) is 10.2 Å². The Bertz CT molecular complexity index is 1090. The zero-order valence-corrected chi connectivity index (χ0v) is 16.9. The lowest BCUT2D eigenvalue weighted by Crippen LogP contribution is -2.23. The Balaban J connectivity index is 1.83. The standard InChI is InChI=1S/C17H16N4O2S3/c1-4-21-16(23)13-9(2)10(3)26-15(13)20-17(21)25-8-12(22)19-14-11(7-18)5-6-24-14/h5-6H,4,8H2,1-3H3,(H,19,22). The summed E-state index contributed by atoms with van der Waals surface area (Å²) in [5.74, 6) is -0.117. The average Bonchev–Trinajstić information content (AvgIpc) is 3.17. The average molecular weight is 405 g/mol. The number of aryl methyl sites for hydroxylation is 2. The van der Waals surface area contributed by atoms with Gasteiger partial charge in [-0.1, -0.05) is 11.8 Å². The van der Waals surface area contributed by atoms with Gasteiger partial charge in [-0.05, 0) is 37.8 Å². The van der Waals surface area contributed by atoms with Gasteiger partial charge in [-0.15, -0.1) is 22.7 Å². The molecule has 9 heteroatoms. The molecule has 0 bridgehead atoms. The Hall–Kier alpha value is -2.15. The number of fused-ring (bicyclic) bond motifs is 1. The number of carbonyl (C=O) groups is 1. The molecule has 26 heavy (non-hydrogen) atoms. The monoisotopic (exact) mass is 404 g/mol. The van der Waals surface area contributed by atoms with Gasteiger partial charge in [0.1, 0.15) is 15.9 Å². The van der Waals surface area contributed by atoms with E-state index in [1.165, 1.54) is 34.4 Å². The van der Waals surface area contributed by atoms with Gasteiger partial charge in [-0.2, -0.15) is 5.26 Å². The van der Waals surface area contributed by atoms with Crippen LogP contribution >= 0.6 is 34.4 Å². The molecular weight excluding hydrogens is 388 g/mol. The predicted octanol–water partition coefficient (Wildman–Crippen LogP) is 3.76. The molecule has 0 aliphatic rings. The Morgan fingerprint density at radius 1 is 1.46 bits per heavy atom. The minimum Gasteiger partial charge on any atom is -0.316 e. The van der Waals surface area contributed by atoms with Gasteiger partial charge in [0.15, 0.2) is 5.16 Å². The molecule has 0 atom stereocenters. The molecule has 3 rings (SSSR count). The Morgan fingerprint density at radius 3 is 2.92 bits per heavy atom. The maximum Gasteiger partial charge on any atom is 0.263 e.